The fourth-order valence-corrected chi connectivity index (χ4v) is 4.38. The lowest BCUT2D eigenvalue weighted by molar-refractivity contribution is -0.140. The molecule has 2 rings (SSSR count). The highest BCUT2D eigenvalue weighted by Gasteiger charge is 2.32. The Hall–Kier alpha value is -2.65. The van der Waals surface area contributed by atoms with Crippen LogP contribution < -0.4 is 9.62 Å². The zero-order chi connectivity index (χ0) is 24.8. The maximum Gasteiger partial charge on any atom is 0.244 e. The molecule has 7 nitrogen and oxygen atoms in total. The van der Waals surface area contributed by atoms with Gasteiger partial charge in [-0.3, -0.25) is 13.9 Å². The van der Waals surface area contributed by atoms with E-state index < -0.39 is 34.3 Å². The van der Waals surface area contributed by atoms with Crippen LogP contribution in [0.4, 0.5) is 10.1 Å². The highest BCUT2D eigenvalue weighted by atomic mass is 35.5. The van der Waals surface area contributed by atoms with Crippen molar-refractivity contribution in [1.29, 1.82) is 0 Å². The van der Waals surface area contributed by atoms with Crippen molar-refractivity contribution in [2.24, 2.45) is 0 Å². The van der Waals surface area contributed by atoms with Crippen LogP contribution in [0.2, 0.25) is 5.02 Å². The third-order valence-corrected chi connectivity index (χ3v) is 6.42. The minimum absolute atomic E-state index is 0.0174. The summed E-state index contributed by atoms with van der Waals surface area (Å²) in [5.41, 5.74) is 0.764. The molecule has 0 aliphatic carbocycles. The Labute approximate surface area is 199 Å². The smallest absolute Gasteiger partial charge is 0.244 e. The first kappa shape index (κ1) is 26.6. The molecule has 1 atom stereocenters. The molecule has 1 N–H and O–H groups in total. The molecule has 0 aliphatic rings. The SMILES string of the molecule is CC[C@H](C(=O)NC(C)C)N(Cc1ccccc1Cl)C(=O)CN(c1ccc(F)cc1)S(C)(=O)=O. The monoisotopic (exact) mass is 497 g/mol. The van der Waals surface area contributed by atoms with E-state index in [1.165, 1.54) is 17.0 Å². The van der Waals surface area contributed by atoms with Crippen LogP contribution in [0.1, 0.15) is 32.8 Å². The van der Waals surface area contributed by atoms with E-state index in [2.05, 4.69) is 5.32 Å². The second kappa shape index (κ2) is 11.5. The lowest BCUT2D eigenvalue weighted by Crippen LogP contribution is -2.53. The number of carbonyl (C=O) groups excluding carboxylic acids is 2. The lowest BCUT2D eigenvalue weighted by Gasteiger charge is -2.33. The molecule has 2 aromatic rings. The van der Waals surface area contributed by atoms with Crippen molar-refractivity contribution in [3.63, 3.8) is 0 Å². The molecule has 0 spiro atoms. The molecule has 0 saturated heterocycles. The van der Waals surface area contributed by atoms with E-state index in [-0.39, 0.29) is 24.2 Å². The van der Waals surface area contributed by atoms with Gasteiger partial charge in [-0.05, 0) is 56.2 Å². The predicted octanol–water partition coefficient (Wildman–Crippen LogP) is 3.58. The number of nitrogens with zero attached hydrogens (tertiary/aromatic N) is 2. The number of halogens is 2. The first-order valence-electron chi connectivity index (χ1n) is 10.5. The van der Waals surface area contributed by atoms with Gasteiger partial charge in [0, 0.05) is 17.6 Å². The van der Waals surface area contributed by atoms with Gasteiger partial charge in [0.25, 0.3) is 0 Å². The third kappa shape index (κ3) is 7.43. The molecule has 0 fully saturated rings. The lowest BCUT2D eigenvalue weighted by atomic mass is 10.1. The highest BCUT2D eigenvalue weighted by molar-refractivity contribution is 7.92. The summed E-state index contributed by atoms with van der Waals surface area (Å²) < 4.78 is 39.2. The molecule has 2 amide bonds. The summed E-state index contributed by atoms with van der Waals surface area (Å²) in [5.74, 6) is -1.47. The second-order valence-electron chi connectivity index (χ2n) is 7.95. The van der Waals surface area contributed by atoms with E-state index >= 15 is 0 Å². The Morgan fingerprint density at radius 1 is 1.09 bits per heavy atom. The number of nitrogens with one attached hydrogen (secondary N) is 1. The van der Waals surface area contributed by atoms with Gasteiger partial charge in [-0.25, -0.2) is 12.8 Å². The zero-order valence-corrected chi connectivity index (χ0v) is 20.7. The minimum Gasteiger partial charge on any atom is -0.352 e. The van der Waals surface area contributed by atoms with E-state index in [0.29, 0.717) is 17.0 Å². The molecule has 10 heteroatoms. The average molecular weight is 498 g/mol. The molecular weight excluding hydrogens is 469 g/mol. The number of benzene rings is 2. The van der Waals surface area contributed by atoms with Gasteiger partial charge in [-0.2, -0.15) is 0 Å². The van der Waals surface area contributed by atoms with Gasteiger partial charge in [-0.15, -0.1) is 0 Å². The van der Waals surface area contributed by atoms with Crippen molar-refractivity contribution in [2.75, 3.05) is 17.1 Å². The maximum atomic E-state index is 13.5. The first-order valence-corrected chi connectivity index (χ1v) is 12.7. The van der Waals surface area contributed by atoms with Gasteiger partial charge in [0.2, 0.25) is 21.8 Å². The van der Waals surface area contributed by atoms with E-state index in [4.69, 9.17) is 11.6 Å². The number of sulfonamides is 1. The van der Waals surface area contributed by atoms with Crippen LogP contribution in [-0.2, 0) is 26.2 Å². The van der Waals surface area contributed by atoms with Crippen LogP contribution in [0, 0.1) is 5.82 Å². The number of amides is 2. The zero-order valence-electron chi connectivity index (χ0n) is 19.1. The first-order chi connectivity index (χ1) is 15.4. The van der Waals surface area contributed by atoms with Crippen molar-refractivity contribution in [2.45, 2.75) is 45.8 Å². The molecule has 0 saturated carbocycles. The molecule has 2 aromatic carbocycles. The molecule has 0 bridgehead atoms. The van der Waals surface area contributed by atoms with Crippen LogP contribution in [0.15, 0.2) is 48.5 Å². The largest absolute Gasteiger partial charge is 0.352 e. The maximum absolute atomic E-state index is 13.5. The Balaban J connectivity index is 2.44. The number of hydrogen-bond donors (Lipinski definition) is 1. The summed E-state index contributed by atoms with van der Waals surface area (Å²) in [7, 11) is -3.88. The summed E-state index contributed by atoms with van der Waals surface area (Å²) >= 11 is 6.29. The van der Waals surface area contributed by atoms with E-state index in [1.54, 1.807) is 31.2 Å². The number of hydrogen-bond acceptors (Lipinski definition) is 4. The van der Waals surface area contributed by atoms with Gasteiger partial charge < -0.3 is 10.2 Å². The molecule has 0 aliphatic heterocycles. The van der Waals surface area contributed by atoms with Crippen LogP contribution >= 0.6 is 11.6 Å². The van der Waals surface area contributed by atoms with Gasteiger partial charge >= 0.3 is 0 Å². The van der Waals surface area contributed by atoms with Crippen LogP contribution in [-0.4, -0.2) is 50.0 Å². The van der Waals surface area contributed by atoms with Crippen molar-refractivity contribution in [3.05, 3.63) is 64.9 Å². The van der Waals surface area contributed by atoms with Crippen LogP contribution in [0.3, 0.4) is 0 Å². The molecular formula is C23H29ClFN3O4S. The summed E-state index contributed by atoms with van der Waals surface area (Å²) in [5, 5.41) is 3.24. The quantitative estimate of drug-likeness (QED) is 0.543. The average Bonchev–Trinajstić information content (AvgIpc) is 2.72. The molecule has 180 valence electrons. The molecule has 0 aromatic heterocycles. The van der Waals surface area contributed by atoms with Gasteiger partial charge in [-0.1, -0.05) is 36.7 Å². The van der Waals surface area contributed by atoms with Crippen LogP contribution in [0.25, 0.3) is 0 Å². The van der Waals surface area contributed by atoms with Crippen molar-refractivity contribution in [3.8, 4) is 0 Å². The van der Waals surface area contributed by atoms with Crippen molar-refractivity contribution in [1.82, 2.24) is 10.2 Å². The second-order valence-corrected chi connectivity index (χ2v) is 10.3. The van der Waals surface area contributed by atoms with E-state index in [1.807, 2.05) is 13.8 Å². The molecule has 0 unspecified atom stereocenters. The van der Waals surface area contributed by atoms with Crippen molar-refractivity contribution >= 4 is 39.1 Å². The molecule has 33 heavy (non-hydrogen) atoms. The summed E-state index contributed by atoms with van der Waals surface area (Å²) in [6, 6.07) is 10.7. The number of rotatable bonds is 10. The third-order valence-electron chi connectivity index (χ3n) is 4.91. The van der Waals surface area contributed by atoms with Gasteiger partial charge in [0.05, 0.1) is 11.9 Å². The van der Waals surface area contributed by atoms with Gasteiger partial charge in [0.15, 0.2) is 0 Å². The Morgan fingerprint density at radius 3 is 2.21 bits per heavy atom. The fourth-order valence-electron chi connectivity index (χ4n) is 3.33. The van der Waals surface area contributed by atoms with E-state index in [9.17, 15) is 22.4 Å². The molecule has 0 radical (unpaired) electrons. The Bertz CT molecular complexity index is 1080. The van der Waals surface area contributed by atoms with E-state index in [0.717, 1.165) is 22.7 Å². The summed E-state index contributed by atoms with van der Waals surface area (Å²) in [4.78, 5) is 27.7. The Morgan fingerprint density at radius 2 is 1.70 bits per heavy atom. The Kier molecular flexibility index (Phi) is 9.25. The minimum atomic E-state index is -3.88. The number of carbonyl (C=O) groups is 2. The van der Waals surface area contributed by atoms with Crippen LogP contribution in [0.5, 0.6) is 0 Å². The summed E-state index contributed by atoms with van der Waals surface area (Å²) in [6.45, 7) is 4.85. The normalized spacial score (nSPS) is 12.3. The fraction of sp³-hybridized carbons (Fsp3) is 0.391. The predicted molar refractivity (Wildman–Crippen MR) is 128 cm³/mol. The highest BCUT2D eigenvalue weighted by Crippen LogP contribution is 2.22. The number of anilines is 1. The van der Waals surface area contributed by atoms with Crippen molar-refractivity contribution < 1.29 is 22.4 Å². The van der Waals surface area contributed by atoms with Gasteiger partial charge in [0.1, 0.15) is 18.4 Å². The topological polar surface area (TPSA) is 86.8 Å². The molecule has 0 heterocycles. The summed E-state index contributed by atoms with van der Waals surface area (Å²) in [6.07, 6.45) is 1.27. The standard InChI is InChI=1S/C23H29ClFN3O4S/c1-5-21(23(30)26-16(2)3)27(14-17-8-6-7-9-20(17)24)22(29)15-28(33(4,31)32)19-12-10-18(25)11-13-19/h6-13,16,21H,5,14-15H2,1-4H3,(H,26,30)/t21-/m1/s1.